The van der Waals surface area contributed by atoms with Gasteiger partial charge in [0.25, 0.3) is 0 Å². The van der Waals surface area contributed by atoms with Gasteiger partial charge in [-0.3, -0.25) is 0 Å². The molecule has 5 heteroatoms. The lowest BCUT2D eigenvalue weighted by Gasteiger charge is -2.08. The fourth-order valence-corrected chi connectivity index (χ4v) is 1.82. The van der Waals surface area contributed by atoms with Crippen LogP contribution in [0, 0.1) is 17.1 Å². The number of hydrogen-bond acceptors (Lipinski definition) is 2. The molecule has 0 amide bonds. The molecule has 0 aliphatic rings. The third kappa shape index (κ3) is 2.81. The largest absolute Gasteiger partial charge is 0.456 e. The van der Waals surface area contributed by atoms with E-state index in [1.807, 2.05) is 6.07 Å². The van der Waals surface area contributed by atoms with Gasteiger partial charge in [0.05, 0.1) is 10.6 Å². The Kier molecular flexibility index (Phi) is 3.85. The zero-order valence-corrected chi connectivity index (χ0v) is 11.3. The summed E-state index contributed by atoms with van der Waals surface area (Å²) >= 11 is 8.83. The minimum absolute atomic E-state index is 0.0265. The minimum Gasteiger partial charge on any atom is -0.456 e. The molecule has 0 aliphatic carbocycles. The van der Waals surface area contributed by atoms with Crippen molar-refractivity contribution in [1.82, 2.24) is 0 Å². The Hall–Kier alpha value is -1.57. The molecule has 0 bridgehead atoms. The molecule has 90 valence electrons. The summed E-state index contributed by atoms with van der Waals surface area (Å²) in [5, 5.41) is 9.00. The Morgan fingerprint density at radius 3 is 2.67 bits per heavy atom. The first-order chi connectivity index (χ1) is 8.60. The highest BCUT2D eigenvalue weighted by molar-refractivity contribution is 9.10. The summed E-state index contributed by atoms with van der Waals surface area (Å²) in [6.45, 7) is 0. The molecule has 0 heterocycles. The van der Waals surface area contributed by atoms with Crippen LogP contribution in [0.2, 0.25) is 5.02 Å². The van der Waals surface area contributed by atoms with E-state index in [1.165, 1.54) is 18.2 Å². The van der Waals surface area contributed by atoms with Gasteiger partial charge in [-0.05, 0) is 30.3 Å². The number of benzene rings is 2. The molecule has 0 fully saturated rings. The van der Waals surface area contributed by atoms with Crippen LogP contribution in [0.1, 0.15) is 5.56 Å². The summed E-state index contributed by atoms with van der Waals surface area (Å²) in [5.74, 6) is 0.0860. The van der Waals surface area contributed by atoms with Crippen LogP contribution in [0.25, 0.3) is 0 Å². The summed E-state index contributed by atoms with van der Waals surface area (Å²) in [6.07, 6.45) is 0. The number of hydrogen-bond donors (Lipinski definition) is 0. The van der Waals surface area contributed by atoms with E-state index < -0.39 is 5.82 Å². The second-order valence-electron chi connectivity index (χ2n) is 3.43. The lowest BCUT2D eigenvalue weighted by atomic mass is 10.2. The van der Waals surface area contributed by atoms with Crippen molar-refractivity contribution in [2.24, 2.45) is 0 Å². The average Bonchev–Trinajstić information content (AvgIpc) is 2.36. The molecule has 2 rings (SSSR count). The van der Waals surface area contributed by atoms with Crippen molar-refractivity contribution >= 4 is 27.5 Å². The zero-order valence-electron chi connectivity index (χ0n) is 8.95. The van der Waals surface area contributed by atoms with Gasteiger partial charge < -0.3 is 4.74 Å². The van der Waals surface area contributed by atoms with Crippen molar-refractivity contribution in [3.05, 3.63) is 57.3 Å². The van der Waals surface area contributed by atoms with E-state index in [1.54, 1.807) is 18.2 Å². The average molecular weight is 327 g/mol. The molecule has 2 aromatic carbocycles. The second-order valence-corrected chi connectivity index (χ2v) is 4.75. The van der Waals surface area contributed by atoms with E-state index in [4.69, 9.17) is 21.6 Å². The maximum atomic E-state index is 13.2. The lowest BCUT2D eigenvalue weighted by Crippen LogP contribution is -1.89. The van der Waals surface area contributed by atoms with Gasteiger partial charge in [-0.2, -0.15) is 5.26 Å². The van der Waals surface area contributed by atoms with Gasteiger partial charge in [0.2, 0.25) is 0 Å². The molecule has 0 saturated heterocycles. The molecule has 2 nitrogen and oxygen atoms in total. The molecule has 0 aliphatic heterocycles. The normalized spacial score (nSPS) is 9.89. The van der Waals surface area contributed by atoms with Crippen molar-refractivity contribution in [1.29, 1.82) is 5.26 Å². The lowest BCUT2D eigenvalue weighted by molar-refractivity contribution is 0.475. The van der Waals surface area contributed by atoms with Crippen LogP contribution in [0.5, 0.6) is 11.5 Å². The van der Waals surface area contributed by atoms with Crippen molar-refractivity contribution in [3.63, 3.8) is 0 Å². The summed E-state index contributed by atoms with van der Waals surface area (Å²) in [7, 11) is 0. The fraction of sp³-hybridized carbons (Fsp3) is 0. The molecule has 0 unspecified atom stereocenters. The summed E-state index contributed by atoms with van der Waals surface area (Å²) in [6, 6.07) is 11.1. The smallest absolute Gasteiger partial charge is 0.145 e. The van der Waals surface area contributed by atoms with Crippen LogP contribution >= 0.6 is 27.5 Å². The summed E-state index contributed by atoms with van der Waals surface area (Å²) < 4.78 is 19.5. The van der Waals surface area contributed by atoms with E-state index in [2.05, 4.69) is 15.9 Å². The SMILES string of the molecule is N#Cc1cc(Br)ccc1Oc1ccc(Cl)c(F)c1. The highest BCUT2D eigenvalue weighted by Crippen LogP contribution is 2.29. The van der Waals surface area contributed by atoms with Gasteiger partial charge in [0.15, 0.2) is 0 Å². The van der Waals surface area contributed by atoms with Gasteiger partial charge in [-0.15, -0.1) is 0 Å². The Morgan fingerprint density at radius 2 is 2.00 bits per heavy atom. The number of rotatable bonds is 2. The van der Waals surface area contributed by atoms with Crippen LogP contribution in [0.4, 0.5) is 4.39 Å². The highest BCUT2D eigenvalue weighted by atomic mass is 79.9. The first-order valence-corrected chi connectivity index (χ1v) is 6.10. The van der Waals surface area contributed by atoms with E-state index in [0.29, 0.717) is 11.3 Å². The minimum atomic E-state index is -0.565. The highest BCUT2D eigenvalue weighted by Gasteiger charge is 2.07. The first kappa shape index (κ1) is 12.9. The number of ether oxygens (including phenoxy) is 1. The Morgan fingerprint density at radius 1 is 1.22 bits per heavy atom. The Bertz CT molecular complexity index is 639. The predicted molar refractivity (Wildman–Crippen MR) is 70.3 cm³/mol. The van der Waals surface area contributed by atoms with E-state index in [-0.39, 0.29) is 10.8 Å². The summed E-state index contributed by atoms with van der Waals surface area (Å²) in [5.41, 5.74) is 0.361. The Labute approximate surface area is 117 Å². The maximum Gasteiger partial charge on any atom is 0.145 e. The summed E-state index contributed by atoms with van der Waals surface area (Å²) in [4.78, 5) is 0. The molecule has 2 aromatic rings. The van der Waals surface area contributed by atoms with E-state index in [0.717, 1.165) is 4.47 Å². The monoisotopic (exact) mass is 325 g/mol. The quantitative estimate of drug-likeness (QED) is 0.786. The van der Waals surface area contributed by atoms with Crippen LogP contribution in [0.15, 0.2) is 40.9 Å². The molecule has 0 radical (unpaired) electrons. The van der Waals surface area contributed by atoms with Crippen molar-refractivity contribution in [2.45, 2.75) is 0 Å². The van der Waals surface area contributed by atoms with Crippen molar-refractivity contribution in [2.75, 3.05) is 0 Å². The molecule has 0 atom stereocenters. The maximum absolute atomic E-state index is 13.2. The van der Waals surface area contributed by atoms with Crippen LogP contribution in [0.3, 0.4) is 0 Å². The number of nitriles is 1. The van der Waals surface area contributed by atoms with Gasteiger partial charge in [0.1, 0.15) is 23.4 Å². The topological polar surface area (TPSA) is 33.0 Å². The van der Waals surface area contributed by atoms with Crippen LogP contribution in [-0.4, -0.2) is 0 Å². The predicted octanol–water partition coefficient (Wildman–Crippen LogP) is 4.91. The van der Waals surface area contributed by atoms with Gasteiger partial charge in [-0.25, -0.2) is 4.39 Å². The molecule has 0 saturated carbocycles. The third-order valence-corrected chi connectivity index (χ3v) is 2.98. The van der Waals surface area contributed by atoms with Gasteiger partial charge in [-0.1, -0.05) is 27.5 Å². The molecular formula is C13H6BrClFNO. The molecule has 0 aromatic heterocycles. The molecule has 0 N–H and O–H groups in total. The van der Waals surface area contributed by atoms with Gasteiger partial charge in [0, 0.05) is 10.5 Å². The van der Waals surface area contributed by atoms with E-state index in [9.17, 15) is 4.39 Å². The first-order valence-electron chi connectivity index (χ1n) is 4.92. The molecular weight excluding hydrogens is 321 g/mol. The fourth-order valence-electron chi connectivity index (χ4n) is 1.35. The number of halogens is 3. The third-order valence-electron chi connectivity index (χ3n) is 2.18. The Balaban J connectivity index is 2.34. The molecule has 18 heavy (non-hydrogen) atoms. The van der Waals surface area contributed by atoms with Crippen LogP contribution < -0.4 is 4.74 Å². The number of nitrogens with zero attached hydrogens (tertiary/aromatic N) is 1. The second kappa shape index (κ2) is 5.38. The van der Waals surface area contributed by atoms with Crippen molar-refractivity contribution in [3.8, 4) is 17.6 Å². The zero-order chi connectivity index (χ0) is 13.1. The van der Waals surface area contributed by atoms with Crippen molar-refractivity contribution < 1.29 is 9.13 Å². The molecule has 0 spiro atoms. The van der Waals surface area contributed by atoms with Gasteiger partial charge >= 0.3 is 0 Å². The standard InChI is InChI=1S/C13H6BrClFNO/c14-9-1-4-13(8(5-9)7-17)18-10-2-3-11(15)12(16)6-10/h1-6H. The van der Waals surface area contributed by atoms with E-state index >= 15 is 0 Å². The van der Waals surface area contributed by atoms with Crippen LogP contribution in [-0.2, 0) is 0 Å².